The van der Waals surface area contributed by atoms with Crippen LogP contribution in [-0.4, -0.2) is 36.6 Å². The first-order chi connectivity index (χ1) is 6.75. The fraction of sp³-hybridized carbons (Fsp3) is 1.00. The normalized spacial score (nSPS) is 18.6. The summed E-state index contributed by atoms with van der Waals surface area (Å²) in [6, 6.07) is 1.57. The molecule has 1 fully saturated rings. The molecule has 1 rings (SSSR count). The van der Waals surface area contributed by atoms with E-state index in [1.54, 1.807) is 0 Å². The van der Waals surface area contributed by atoms with Gasteiger partial charge in [0.15, 0.2) is 0 Å². The minimum absolute atomic E-state index is 0.705. The summed E-state index contributed by atoms with van der Waals surface area (Å²) in [6.45, 7) is 10.3. The lowest BCUT2D eigenvalue weighted by Crippen LogP contribution is -2.42. The fourth-order valence-electron chi connectivity index (χ4n) is 2.48. The SMILES string of the molecule is CCNCCN(C(C)C)C1CCCC1. The molecule has 1 aliphatic rings. The van der Waals surface area contributed by atoms with Crippen LogP contribution in [0, 0.1) is 0 Å². The van der Waals surface area contributed by atoms with Crippen LogP contribution in [0.5, 0.6) is 0 Å². The largest absolute Gasteiger partial charge is 0.316 e. The Hall–Kier alpha value is -0.0800. The van der Waals surface area contributed by atoms with Crippen LogP contribution < -0.4 is 5.32 Å². The lowest BCUT2D eigenvalue weighted by atomic mass is 10.1. The van der Waals surface area contributed by atoms with E-state index in [1.807, 2.05) is 0 Å². The molecule has 0 saturated heterocycles. The van der Waals surface area contributed by atoms with E-state index in [0.29, 0.717) is 6.04 Å². The van der Waals surface area contributed by atoms with Crippen molar-refractivity contribution in [3.8, 4) is 0 Å². The van der Waals surface area contributed by atoms with Gasteiger partial charge in [-0.1, -0.05) is 19.8 Å². The van der Waals surface area contributed by atoms with Crippen molar-refractivity contribution in [2.24, 2.45) is 0 Å². The van der Waals surface area contributed by atoms with Gasteiger partial charge in [-0.2, -0.15) is 0 Å². The minimum atomic E-state index is 0.705. The molecule has 0 aromatic rings. The maximum Gasteiger partial charge on any atom is 0.0112 e. The lowest BCUT2D eigenvalue weighted by Gasteiger charge is -2.32. The molecule has 2 heteroatoms. The summed E-state index contributed by atoms with van der Waals surface area (Å²) in [5.74, 6) is 0. The van der Waals surface area contributed by atoms with Gasteiger partial charge >= 0.3 is 0 Å². The Kier molecular flexibility index (Phi) is 5.49. The molecule has 0 amide bonds. The van der Waals surface area contributed by atoms with Gasteiger partial charge in [0.25, 0.3) is 0 Å². The number of likely N-dealkylation sites (N-methyl/N-ethyl adjacent to an activating group) is 1. The number of hydrogen-bond acceptors (Lipinski definition) is 2. The highest BCUT2D eigenvalue weighted by Gasteiger charge is 2.23. The first-order valence-electron chi connectivity index (χ1n) is 6.22. The molecule has 1 aliphatic carbocycles. The monoisotopic (exact) mass is 198 g/mol. The predicted molar refractivity (Wildman–Crippen MR) is 62.6 cm³/mol. The molecule has 84 valence electrons. The smallest absolute Gasteiger partial charge is 0.0112 e. The molecule has 14 heavy (non-hydrogen) atoms. The van der Waals surface area contributed by atoms with E-state index in [4.69, 9.17) is 0 Å². The zero-order chi connectivity index (χ0) is 10.4. The Labute approximate surface area is 89.1 Å². The maximum absolute atomic E-state index is 3.42. The van der Waals surface area contributed by atoms with E-state index in [-0.39, 0.29) is 0 Å². The van der Waals surface area contributed by atoms with Gasteiger partial charge in [0.1, 0.15) is 0 Å². The third-order valence-corrected chi connectivity index (χ3v) is 3.25. The van der Waals surface area contributed by atoms with Crippen LogP contribution in [0.1, 0.15) is 46.5 Å². The third kappa shape index (κ3) is 3.58. The summed E-state index contributed by atoms with van der Waals surface area (Å²) in [6.07, 6.45) is 5.72. The van der Waals surface area contributed by atoms with Gasteiger partial charge in [-0.05, 0) is 33.2 Å². The second-order valence-corrected chi connectivity index (χ2v) is 4.62. The summed E-state index contributed by atoms with van der Waals surface area (Å²) in [7, 11) is 0. The summed E-state index contributed by atoms with van der Waals surface area (Å²) < 4.78 is 0. The standard InChI is InChI=1S/C12H26N2/c1-4-13-9-10-14(11(2)3)12-7-5-6-8-12/h11-13H,4-10H2,1-3H3. The molecule has 1 saturated carbocycles. The number of nitrogens with one attached hydrogen (secondary N) is 1. The highest BCUT2D eigenvalue weighted by molar-refractivity contribution is 4.79. The van der Waals surface area contributed by atoms with Crippen molar-refractivity contribution in [1.82, 2.24) is 10.2 Å². The molecule has 0 atom stereocenters. The van der Waals surface area contributed by atoms with Crippen LogP contribution in [0.3, 0.4) is 0 Å². The van der Waals surface area contributed by atoms with Gasteiger partial charge in [-0.15, -0.1) is 0 Å². The van der Waals surface area contributed by atoms with E-state index in [9.17, 15) is 0 Å². The molecular formula is C12H26N2. The highest BCUT2D eigenvalue weighted by atomic mass is 15.2. The highest BCUT2D eigenvalue weighted by Crippen LogP contribution is 2.24. The van der Waals surface area contributed by atoms with Crippen LogP contribution in [0.4, 0.5) is 0 Å². The molecule has 0 heterocycles. The van der Waals surface area contributed by atoms with Crippen LogP contribution >= 0.6 is 0 Å². The van der Waals surface area contributed by atoms with Crippen LogP contribution in [0.25, 0.3) is 0 Å². The summed E-state index contributed by atoms with van der Waals surface area (Å²) in [4.78, 5) is 2.68. The van der Waals surface area contributed by atoms with E-state index in [2.05, 4.69) is 31.0 Å². The average molecular weight is 198 g/mol. The molecule has 0 aromatic carbocycles. The Balaban J connectivity index is 2.30. The van der Waals surface area contributed by atoms with Gasteiger partial charge in [0.2, 0.25) is 0 Å². The van der Waals surface area contributed by atoms with Crippen molar-refractivity contribution in [3.05, 3.63) is 0 Å². The average Bonchev–Trinajstić information content (AvgIpc) is 2.64. The van der Waals surface area contributed by atoms with Gasteiger partial charge in [0.05, 0.1) is 0 Å². The molecule has 2 nitrogen and oxygen atoms in total. The molecule has 0 aromatic heterocycles. The number of hydrogen-bond donors (Lipinski definition) is 1. The molecule has 0 radical (unpaired) electrons. The van der Waals surface area contributed by atoms with Gasteiger partial charge in [0, 0.05) is 25.2 Å². The Bertz CT molecular complexity index is 139. The van der Waals surface area contributed by atoms with Gasteiger partial charge in [-0.25, -0.2) is 0 Å². The quantitative estimate of drug-likeness (QED) is 0.659. The van der Waals surface area contributed by atoms with Crippen LogP contribution in [-0.2, 0) is 0 Å². The second-order valence-electron chi connectivity index (χ2n) is 4.62. The lowest BCUT2D eigenvalue weighted by molar-refractivity contribution is 0.156. The van der Waals surface area contributed by atoms with E-state index >= 15 is 0 Å². The van der Waals surface area contributed by atoms with Crippen molar-refractivity contribution in [2.75, 3.05) is 19.6 Å². The van der Waals surface area contributed by atoms with Gasteiger partial charge in [-0.3, -0.25) is 4.90 Å². The topological polar surface area (TPSA) is 15.3 Å². The van der Waals surface area contributed by atoms with E-state index in [1.165, 1.54) is 32.2 Å². The zero-order valence-corrected chi connectivity index (χ0v) is 10.1. The van der Waals surface area contributed by atoms with Gasteiger partial charge < -0.3 is 5.32 Å². The first kappa shape index (κ1) is 12.0. The Morgan fingerprint density at radius 1 is 1.29 bits per heavy atom. The molecule has 0 bridgehead atoms. The maximum atomic E-state index is 3.42. The van der Waals surface area contributed by atoms with E-state index < -0.39 is 0 Å². The summed E-state index contributed by atoms with van der Waals surface area (Å²) in [5.41, 5.74) is 0. The second kappa shape index (κ2) is 6.41. The molecule has 0 unspecified atom stereocenters. The summed E-state index contributed by atoms with van der Waals surface area (Å²) >= 11 is 0. The minimum Gasteiger partial charge on any atom is -0.316 e. The van der Waals surface area contributed by atoms with Crippen molar-refractivity contribution in [2.45, 2.75) is 58.5 Å². The van der Waals surface area contributed by atoms with Crippen molar-refractivity contribution < 1.29 is 0 Å². The zero-order valence-electron chi connectivity index (χ0n) is 10.1. The number of nitrogens with zero attached hydrogens (tertiary/aromatic N) is 1. The van der Waals surface area contributed by atoms with Crippen molar-refractivity contribution >= 4 is 0 Å². The fourth-order valence-corrected chi connectivity index (χ4v) is 2.48. The van der Waals surface area contributed by atoms with Crippen LogP contribution in [0.15, 0.2) is 0 Å². The van der Waals surface area contributed by atoms with E-state index in [0.717, 1.165) is 19.1 Å². The Morgan fingerprint density at radius 3 is 2.43 bits per heavy atom. The Morgan fingerprint density at radius 2 is 1.93 bits per heavy atom. The third-order valence-electron chi connectivity index (χ3n) is 3.25. The van der Waals surface area contributed by atoms with Crippen LogP contribution in [0.2, 0.25) is 0 Å². The molecule has 0 aliphatic heterocycles. The van der Waals surface area contributed by atoms with Crippen molar-refractivity contribution in [3.63, 3.8) is 0 Å². The number of rotatable bonds is 6. The first-order valence-corrected chi connectivity index (χ1v) is 6.22. The predicted octanol–water partition coefficient (Wildman–Crippen LogP) is 2.25. The molecular weight excluding hydrogens is 172 g/mol. The van der Waals surface area contributed by atoms with Crippen molar-refractivity contribution in [1.29, 1.82) is 0 Å². The molecule has 1 N–H and O–H groups in total. The molecule has 0 spiro atoms. The summed E-state index contributed by atoms with van der Waals surface area (Å²) in [5, 5.41) is 3.42.